The number of nitrogens with zero attached hydrogens (tertiary/aromatic N) is 2. The second-order valence-electron chi connectivity index (χ2n) is 6.18. The maximum atomic E-state index is 12.2. The Bertz CT molecular complexity index is 289. The molecule has 0 aromatic carbocycles. The van der Waals surface area contributed by atoms with Gasteiger partial charge >= 0.3 is 0 Å². The molecule has 0 radical (unpaired) electrons. The summed E-state index contributed by atoms with van der Waals surface area (Å²) in [4.78, 5) is 16.5. The van der Waals surface area contributed by atoms with Gasteiger partial charge in [0, 0.05) is 19.6 Å². The molecule has 0 spiro atoms. The van der Waals surface area contributed by atoms with E-state index in [1.54, 1.807) is 0 Å². The molecule has 1 atom stereocenters. The fourth-order valence-electron chi connectivity index (χ4n) is 3.67. The van der Waals surface area contributed by atoms with Gasteiger partial charge in [0.15, 0.2) is 0 Å². The number of nitrogens with two attached hydrogens (primary N) is 1. The smallest absolute Gasteiger partial charge is 0.236 e. The van der Waals surface area contributed by atoms with Crippen molar-refractivity contribution in [3.63, 3.8) is 0 Å². The molecule has 0 aromatic heterocycles. The van der Waals surface area contributed by atoms with Crippen LogP contribution in [-0.2, 0) is 4.79 Å². The number of rotatable bonds is 6. The van der Waals surface area contributed by atoms with E-state index in [1.807, 2.05) is 11.9 Å². The molecule has 2 N–H and O–H groups in total. The molecule has 2 fully saturated rings. The molecule has 0 aromatic rings. The first kappa shape index (κ1) is 14.8. The van der Waals surface area contributed by atoms with Crippen LogP contribution in [0, 0.1) is 5.92 Å². The number of likely N-dealkylation sites (N-methyl/N-ethyl adjacent to an activating group) is 1. The lowest BCUT2D eigenvalue weighted by Gasteiger charge is -2.30. The molecule has 2 rings (SSSR count). The van der Waals surface area contributed by atoms with Gasteiger partial charge in [-0.2, -0.15) is 0 Å². The first-order valence-electron chi connectivity index (χ1n) is 7.90. The van der Waals surface area contributed by atoms with Gasteiger partial charge in [-0.05, 0) is 51.1 Å². The molecule has 2 aliphatic rings. The maximum Gasteiger partial charge on any atom is 0.236 e. The number of carbonyl (C=O) groups excluding carboxylic acids is 1. The van der Waals surface area contributed by atoms with Crippen molar-refractivity contribution in [1.82, 2.24) is 9.80 Å². The minimum absolute atomic E-state index is 0.262. The van der Waals surface area contributed by atoms with E-state index in [2.05, 4.69) is 4.90 Å². The summed E-state index contributed by atoms with van der Waals surface area (Å²) < 4.78 is 0. The number of hydrogen-bond donors (Lipinski definition) is 1. The largest absolute Gasteiger partial charge is 0.345 e. The Morgan fingerprint density at radius 1 is 1.26 bits per heavy atom. The lowest BCUT2D eigenvalue weighted by molar-refractivity contribution is -0.131. The zero-order chi connectivity index (χ0) is 13.7. The molecular weight excluding hydrogens is 238 g/mol. The molecule has 4 nitrogen and oxygen atoms in total. The Morgan fingerprint density at radius 2 is 2.00 bits per heavy atom. The molecule has 1 unspecified atom stereocenters. The summed E-state index contributed by atoms with van der Waals surface area (Å²) in [6, 6.07) is 0.675. The summed E-state index contributed by atoms with van der Waals surface area (Å²) >= 11 is 0. The third-order valence-electron chi connectivity index (χ3n) is 4.82. The SMILES string of the molecule is CN(CCCN)C(=O)CN1CCCC1C1CCCC1. The predicted octanol–water partition coefficient (Wildman–Crippen LogP) is 1.45. The summed E-state index contributed by atoms with van der Waals surface area (Å²) in [5, 5.41) is 0. The van der Waals surface area contributed by atoms with E-state index in [4.69, 9.17) is 5.73 Å². The average Bonchev–Trinajstić information content (AvgIpc) is 3.05. The van der Waals surface area contributed by atoms with Gasteiger partial charge in [-0.3, -0.25) is 9.69 Å². The second-order valence-corrected chi connectivity index (χ2v) is 6.18. The zero-order valence-corrected chi connectivity index (χ0v) is 12.3. The minimum Gasteiger partial charge on any atom is -0.345 e. The van der Waals surface area contributed by atoms with Gasteiger partial charge in [-0.1, -0.05) is 12.8 Å². The van der Waals surface area contributed by atoms with Gasteiger partial charge in [0.25, 0.3) is 0 Å². The third-order valence-corrected chi connectivity index (χ3v) is 4.82. The molecule has 1 saturated heterocycles. The van der Waals surface area contributed by atoms with E-state index < -0.39 is 0 Å². The summed E-state index contributed by atoms with van der Waals surface area (Å²) in [5.74, 6) is 1.11. The van der Waals surface area contributed by atoms with Crippen LogP contribution in [0.5, 0.6) is 0 Å². The summed E-state index contributed by atoms with van der Waals surface area (Å²) in [5.41, 5.74) is 5.50. The molecule has 110 valence electrons. The van der Waals surface area contributed by atoms with Crippen molar-refractivity contribution in [3.8, 4) is 0 Å². The Hall–Kier alpha value is -0.610. The van der Waals surface area contributed by atoms with Crippen LogP contribution >= 0.6 is 0 Å². The molecule has 1 heterocycles. The maximum absolute atomic E-state index is 12.2. The highest BCUT2D eigenvalue weighted by atomic mass is 16.2. The Labute approximate surface area is 117 Å². The summed E-state index contributed by atoms with van der Waals surface area (Å²) in [6.07, 6.45) is 8.98. The minimum atomic E-state index is 0.262. The van der Waals surface area contributed by atoms with Crippen molar-refractivity contribution >= 4 is 5.91 Å². The van der Waals surface area contributed by atoms with Crippen LogP contribution in [0.1, 0.15) is 44.9 Å². The zero-order valence-electron chi connectivity index (χ0n) is 12.3. The topological polar surface area (TPSA) is 49.6 Å². The fraction of sp³-hybridized carbons (Fsp3) is 0.933. The highest BCUT2D eigenvalue weighted by Crippen LogP contribution is 2.35. The van der Waals surface area contributed by atoms with Crippen molar-refractivity contribution in [2.75, 3.05) is 33.2 Å². The van der Waals surface area contributed by atoms with E-state index in [-0.39, 0.29) is 5.91 Å². The van der Waals surface area contributed by atoms with Gasteiger partial charge in [0.05, 0.1) is 6.54 Å². The van der Waals surface area contributed by atoms with Gasteiger partial charge in [-0.25, -0.2) is 0 Å². The van der Waals surface area contributed by atoms with Crippen LogP contribution in [0.2, 0.25) is 0 Å². The standard InChI is InChI=1S/C15H29N3O/c1-17(10-5-9-16)15(19)12-18-11-4-8-14(18)13-6-2-3-7-13/h13-14H,2-12,16H2,1H3. The summed E-state index contributed by atoms with van der Waals surface area (Å²) in [7, 11) is 1.90. The number of carbonyl (C=O) groups is 1. The average molecular weight is 267 g/mol. The first-order chi connectivity index (χ1) is 9.22. The Balaban J connectivity index is 1.81. The predicted molar refractivity (Wildman–Crippen MR) is 77.9 cm³/mol. The fourth-order valence-corrected chi connectivity index (χ4v) is 3.67. The van der Waals surface area contributed by atoms with E-state index >= 15 is 0 Å². The van der Waals surface area contributed by atoms with Crippen molar-refractivity contribution < 1.29 is 4.79 Å². The van der Waals surface area contributed by atoms with Crippen molar-refractivity contribution in [1.29, 1.82) is 0 Å². The molecule has 4 heteroatoms. The Morgan fingerprint density at radius 3 is 2.68 bits per heavy atom. The van der Waals surface area contributed by atoms with Crippen LogP contribution in [0.3, 0.4) is 0 Å². The number of amides is 1. The Kier molecular flexibility index (Phi) is 5.64. The highest BCUT2D eigenvalue weighted by Gasteiger charge is 2.34. The number of likely N-dealkylation sites (tertiary alicyclic amines) is 1. The van der Waals surface area contributed by atoms with Gasteiger partial charge < -0.3 is 10.6 Å². The molecule has 1 amide bonds. The van der Waals surface area contributed by atoms with Gasteiger partial charge in [0.2, 0.25) is 5.91 Å². The first-order valence-corrected chi connectivity index (χ1v) is 7.90. The quantitative estimate of drug-likeness (QED) is 0.792. The highest BCUT2D eigenvalue weighted by molar-refractivity contribution is 5.78. The van der Waals surface area contributed by atoms with Gasteiger partial charge in [0.1, 0.15) is 0 Å². The monoisotopic (exact) mass is 267 g/mol. The van der Waals surface area contributed by atoms with E-state index in [0.717, 1.165) is 25.4 Å². The summed E-state index contributed by atoms with van der Waals surface area (Å²) in [6.45, 7) is 3.17. The second kappa shape index (κ2) is 7.25. The van der Waals surface area contributed by atoms with Crippen molar-refractivity contribution in [3.05, 3.63) is 0 Å². The lowest BCUT2D eigenvalue weighted by Crippen LogP contribution is -2.43. The van der Waals surface area contributed by atoms with Crippen LogP contribution in [-0.4, -0.2) is 55.0 Å². The number of hydrogen-bond acceptors (Lipinski definition) is 3. The van der Waals surface area contributed by atoms with Gasteiger partial charge in [-0.15, -0.1) is 0 Å². The van der Waals surface area contributed by atoms with Crippen LogP contribution in [0.25, 0.3) is 0 Å². The van der Waals surface area contributed by atoms with E-state index in [1.165, 1.54) is 38.5 Å². The molecule has 19 heavy (non-hydrogen) atoms. The lowest BCUT2D eigenvalue weighted by atomic mass is 9.96. The van der Waals surface area contributed by atoms with Crippen LogP contribution in [0.4, 0.5) is 0 Å². The van der Waals surface area contributed by atoms with E-state index in [0.29, 0.717) is 19.1 Å². The van der Waals surface area contributed by atoms with E-state index in [9.17, 15) is 4.79 Å². The molecule has 1 aliphatic heterocycles. The molecular formula is C15H29N3O. The van der Waals surface area contributed by atoms with Crippen LogP contribution < -0.4 is 5.73 Å². The third kappa shape index (κ3) is 3.93. The molecule has 0 bridgehead atoms. The van der Waals surface area contributed by atoms with Crippen molar-refractivity contribution in [2.24, 2.45) is 11.7 Å². The van der Waals surface area contributed by atoms with Crippen LogP contribution in [0.15, 0.2) is 0 Å². The molecule has 1 saturated carbocycles. The normalized spacial score (nSPS) is 25.1. The van der Waals surface area contributed by atoms with Crippen molar-refractivity contribution in [2.45, 2.75) is 51.0 Å². The molecule has 1 aliphatic carbocycles.